The molecule has 1 atom stereocenters. The number of sulfone groups is 2. The van der Waals surface area contributed by atoms with Crippen molar-refractivity contribution in [3.05, 3.63) is 48.3 Å². The molecule has 3 heterocycles. The van der Waals surface area contributed by atoms with Crippen molar-refractivity contribution >= 4 is 31.5 Å². The molecular weight excluding hydrogens is 428 g/mol. The van der Waals surface area contributed by atoms with Crippen LogP contribution in [0.3, 0.4) is 0 Å². The van der Waals surface area contributed by atoms with Crippen LogP contribution in [0, 0.1) is 0 Å². The molecule has 4 rings (SSSR count). The Morgan fingerprint density at radius 1 is 1.03 bits per heavy atom. The summed E-state index contributed by atoms with van der Waals surface area (Å²) in [5.74, 6) is -0.119. The van der Waals surface area contributed by atoms with Crippen LogP contribution in [-0.2, 0) is 19.7 Å². The van der Waals surface area contributed by atoms with Gasteiger partial charge in [0, 0.05) is 44.1 Å². The third kappa shape index (κ3) is 4.17. The molecule has 30 heavy (non-hydrogen) atoms. The molecule has 2 aliphatic rings. The van der Waals surface area contributed by atoms with Gasteiger partial charge >= 0.3 is 0 Å². The van der Waals surface area contributed by atoms with Crippen LogP contribution in [0.5, 0.6) is 0 Å². The summed E-state index contributed by atoms with van der Waals surface area (Å²) in [5, 5.41) is -0.956. The Morgan fingerprint density at radius 2 is 1.73 bits per heavy atom. The fourth-order valence-electron chi connectivity index (χ4n) is 3.75. The largest absolute Gasteiger partial charge is 0.337 e. The topological polar surface area (TPSA) is 118 Å². The first-order valence-corrected chi connectivity index (χ1v) is 13.0. The number of piperazine rings is 1. The first-order valence-electron chi connectivity index (χ1n) is 9.62. The first-order chi connectivity index (χ1) is 14.3. The average molecular weight is 451 g/mol. The second kappa shape index (κ2) is 7.95. The zero-order valence-corrected chi connectivity index (χ0v) is 17.8. The molecule has 2 aliphatic heterocycles. The lowest BCUT2D eigenvalue weighted by molar-refractivity contribution is 0.0746. The minimum absolute atomic E-state index is 0.00762. The first kappa shape index (κ1) is 20.7. The number of aromatic nitrogens is 2. The molecule has 2 fully saturated rings. The number of carbonyl (C=O) groups is 1. The molecule has 0 spiro atoms. The van der Waals surface area contributed by atoms with E-state index in [1.807, 2.05) is 4.90 Å². The van der Waals surface area contributed by atoms with Crippen molar-refractivity contribution in [2.24, 2.45) is 0 Å². The Morgan fingerprint density at radius 3 is 2.37 bits per heavy atom. The highest BCUT2D eigenvalue weighted by molar-refractivity contribution is 7.96. The van der Waals surface area contributed by atoms with Crippen molar-refractivity contribution in [3.63, 3.8) is 0 Å². The van der Waals surface area contributed by atoms with Crippen LogP contribution in [0.1, 0.15) is 16.8 Å². The minimum Gasteiger partial charge on any atom is -0.337 e. The van der Waals surface area contributed by atoms with Gasteiger partial charge in [-0.05, 0) is 30.7 Å². The molecule has 9 nitrogen and oxygen atoms in total. The van der Waals surface area contributed by atoms with Crippen molar-refractivity contribution < 1.29 is 21.6 Å². The fourth-order valence-corrected chi connectivity index (χ4v) is 8.15. The quantitative estimate of drug-likeness (QED) is 0.657. The van der Waals surface area contributed by atoms with E-state index in [4.69, 9.17) is 0 Å². The van der Waals surface area contributed by atoms with E-state index < -0.39 is 24.9 Å². The van der Waals surface area contributed by atoms with Crippen LogP contribution in [-0.4, -0.2) is 80.5 Å². The van der Waals surface area contributed by atoms with Gasteiger partial charge in [0.05, 0.1) is 21.7 Å². The van der Waals surface area contributed by atoms with Crippen molar-refractivity contribution in [2.45, 2.75) is 16.6 Å². The number of carbonyl (C=O) groups excluding carboxylic acids is 1. The number of rotatable bonds is 4. The van der Waals surface area contributed by atoms with Gasteiger partial charge in [0.25, 0.3) is 5.91 Å². The third-order valence-electron chi connectivity index (χ3n) is 5.44. The smallest absolute Gasteiger partial charge is 0.254 e. The van der Waals surface area contributed by atoms with Gasteiger partial charge in [-0.1, -0.05) is 6.07 Å². The summed E-state index contributed by atoms with van der Waals surface area (Å²) in [7, 11) is -7.14. The van der Waals surface area contributed by atoms with Crippen molar-refractivity contribution in [2.75, 3.05) is 42.6 Å². The molecule has 1 aromatic carbocycles. The van der Waals surface area contributed by atoms with E-state index in [-0.39, 0.29) is 34.3 Å². The van der Waals surface area contributed by atoms with E-state index in [0.29, 0.717) is 32.1 Å². The van der Waals surface area contributed by atoms with Crippen molar-refractivity contribution in [3.8, 4) is 0 Å². The van der Waals surface area contributed by atoms with Crippen molar-refractivity contribution in [1.29, 1.82) is 0 Å². The van der Waals surface area contributed by atoms with E-state index in [0.717, 1.165) is 0 Å². The standard InChI is InChI=1S/C19H22N4O5S2/c24-18(22-8-10-23(11-9-22)19-20-6-2-7-21-19)15-3-1-4-16(13-15)30(27,28)17-5-12-29(25,26)14-17/h1-4,6-7,13,17H,5,8-12,14H2/t17-/m1/s1. The molecular formula is C19H22N4O5S2. The van der Waals surface area contributed by atoms with E-state index in [2.05, 4.69) is 9.97 Å². The van der Waals surface area contributed by atoms with E-state index in [9.17, 15) is 21.6 Å². The molecule has 11 heteroatoms. The van der Waals surface area contributed by atoms with E-state index in [1.54, 1.807) is 29.4 Å². The Kier molecular flexibility index (Phi) is 5.49. The molecule has 0 saturated carbocycles. The lowest BCUT2D eigenvalue weighted by atomic mass is 10.2. The predicted octanol–water partition coefficient (Wildman–Crippen LogP) is 0.400. The number of amides is 1. The highest BCUT2D eigenvalue weighted by Crippen LogP contribution is 2.26. The van der Waals surface area contributed by atoms with E-state index >= 15 is 0 Å². The number of hydrogen-bond donors (Lipinski definition) is 0. The summed E-state index contributed by atoms with van der Waals surface area (Å²) in [6, 6.07) is 7.62. The third-order valence-corrected chi connectivity index (χ3v) is 9.61. The molecule has 2 saturated heterocycles. The lowest BCUT2D eigenvalue weighted by Crippen LogP contribution is -2.49. The van der Waals surface area contributed by atoms with Gasteiger partial charge in [-0.15, -0.1) is 0 Å². The summed E-state index contributed by atoms with van der Waals surface area (Å²) < 4.78 is 49.1. The maximum absolute atomic E-state index is 12.9. The predicted molar refractivity (Wildman–Crippen MR) is 111 cm³/mol. The molecule has 2 aromatic rings. The molecule has 1 aromatic heterocycles. The fraction of sp³-hybridized carbons (Fsp3) is 0.421. The van der Waals surface area contributed by atoms with Crippen molar-refractivity contribution in [1.82, 2.24) is 14.9 Å². The van der Waals surface area contributed by atoms with E-state index in [1.165, 1.54) is 18.2 Å². The van der Waals surface area contributed by atoms with Gasteiger partial charge in [0.2, 0.25) is 5.95 Å². The SMILES string of the molecule is O=C(c1cccc(S(=O)(=O)[C@@H]2CCS(=O)(=O)C2)c1)N1CCN(c2ncccn2)CC1. The summed E-state index contributed by atoms with van der Waals surface area (Å²) in [6.45, 7) is 2.09. The van der Waals surface area contributed by atoms with Gasteiger partial charge in [-0.2, -0.15) is 0 Å². The van der Waals surface area contributed by atoms with Gasteiger partial charge in [0.15, 0.2) is 19.7 Å². The number of nitrogens with zero attached hydrogens (tertiary/aromatic N) is 4. The van der Waals surface area contributed by atoms with Crippen LogP contribution in [0.15, 0.2) is 47.6 Å². The number of anilines is 1. The maximum atomic E-state index is 12.9. The minimum atomic E-state index is -3.82. The molecule has 0 radical (unpaired) electrons. The number of benzene rings is 1. The molecule has 0 N–H and O–H groups in total. The van der Waals surface area contributed by atoms with Gasteiger partial charge < -0.3 is 9.80 Å². The average Bonchev–Trinajstić information content (AvgIpc) is 3.14. The summed E-state index contributed by atoms with van der Waals surface area (Å²) in [5.41, 5.74) is 0.279. The zero-order valence-electron chi connectivity index (χ0n) is 16.2. The molecule has 0 unspecified atom stereocenters. The monoisotopic (exact) mass is 450 g/mol. The van der Waals surface area contributed by atoms with Gasteiger partial charge in [0.1, 0.15) is 0 Å². The second-order valence-corrected chi connectivity index (χ2v) is 11.9. The van der Waals surface area contributed by atoms with Crippen LogP contribution in [0.25, 0.3) is 0 Å². The Hall–Kier alpha value is -2.53. The molecule has 0 aliphatic carbocycles. The number of hydrogen-bond acceptors (Lipinski definition) is 8. The molecule has 0 bridgehead atoms. The van der Waals surface area contributed by atoms with Gasteiger partial charge in [-0.3, -0.25) is 4.79 Å². The second-order valence-electron chi connectivity index (χ2n) is 7.43. The summed E-state index contributed by atoms with van der Waals surface area (Å²) in [4.78, 5) is 25.0. The summed E-state index contributed by atoms with van der Waals surface area (Å²) >= 11 is 0. The highest BCUT2D eigenvalue weighted by atomic mass is 32.2. The normalized spacial score (nSPS) is 21.5. The summed E-state index contributed by atoms with van der Waals surface area (Å²) in [6.07, 6.45) is 3.43. The molecule has 160 valence electrons. The van der Waals surface area contributed by atoms with Crippen LogP contribution >= 0.6 is 0 Å². The lowest BCUT2D eigenvalue weighted by Gasteiger charge is -2.34. The molecule has 1 amide bonds. The Balaban J connectivity index is 1.47. The Bertz CT molecular complexity index is 1140. The van der Waals surface area contributed by atoms with Crippen LogP contribution in [0.4, 0.5) is 5.95 Å². The maximum Gasteiger partial charge on any atom is 0.254 e. The van der Waals surface area contributed by atoms with Crippen LogP contribution < -0.4 is 4.90 Å². The Labute approximate surface area is 175 Å². The van der Waals surface area contributed by atoms with Crippen LogP contribution in [0.2, 0.25) is 0 Å². The zero-order chi connectivity index (χ0) is 21.4. The van der Waals surface area contributed by atoms with Gasteiger partial charge in [-0.25, -0.2) is 26.8 Å². The highest BCUT2D eigenvalue weighted by Gasteiger charge is 2.38.